The molecule has 2 fully saturated rings. The zero-order valence-corrected chi connectivity index (χ0v) is 8.74. The van der Waals surface area contributed by atoms with Gasteiger partial charge in [0, 0.05) is 32.6 Å². The molecule has 2 heterocycles. The summed E-state index contributed by atoms with van der Waals surface area (Å²) in [5.74, 6) is 0.287. The van der Waals surface area contributed by atoms with Crippen molar-refractivity contribution in [1.82, 2.24) is 9.80 Å². The number of rotatable bonds is 2. The van der Waals surface area contributed by atoms with Gasteiger partial charge in [-0.2, -0.15) is 0 Å². The van der Waals surface area contributed by atoms with Crippen LogP contribution in [0.3, 0.4) is 0 Å². The second-order valence-corrected chi connectivity index (χ2v) is 3.96. The van der Waals surface area contributed by atoms with Gasteiger partial charge in [0.1, 0.15) is 0 Å². The molecule has 0 aromatic carbocycles. The van der Waals surface area contributed by atoms with E-state index in [2.05, 4.69) is 4.90 Å². The Kier molecular flexibility index (Phi) is 3.03. The maximum atomic E-state index is 11.4. The maximum absolute atomic E-state index is 11.4. The molecule has 14 heavy (non-hydrogen) atoms. The van der Waals surface area contributed by atoms with E-state index in [4.69, 9.17) is 4.74 Å². The maximum Gasteiger partial charge on any atom is 0.222 e. The van der Waals surface area contributed by atoms with E-state index in [1.807, 2.05) is 11.8 Å². The van der Waals surface area contributed by atoms with Crippen LogP contribution in [0.5, 0.6) is 0 Å². The molecular formula is C10H18N2O2. The zero-order chi connectivity index (χ0) is 9.97. The Morgan fingerprint density at radius 2 is 1.93 bits per heavy atom. The second kappa shape index (κ2) is 4.28. The number of piperazine rings is 1. The van der Waals surface area contributed by atoms with E-state index in [0.717, 1.165) is 39.4 Å². The molecule has 0 aromatic heterocycles. The lowest BCUT2D eigenvalue weighted by Gasteiger charge is -2.42. The monoisotopic (exact) mass is 198 g/mol. The zero-order valence-electron chi connectivity index (χ0n) is 8.74. The van der Waals surface area contributed by atoms with Crippen molar-refractivity contribution < 1.29 is 9.53 Å². The summed E-state index contributed by atoms with van der Waals surface area (Å²) in [4.78, 5) is 15.8. The largest absolute Gasteiger partial charge is 0.378 e. The number of ether oxygens (including phenoxy) is 1. The number of carbonyl (C=O) groups is 1. The lowest BCUT2D eigenvalue weighted by atomic mass is 10.2. The van der Waals surface area contributed by atoms with E-state index in [0.29, 0.717) is 12.5 Å². The van der Waals surface area contributed by atoms with Gasteiger partial charge in [0.2, 0.25) is 5.91 Å². The van der Waals surface area contributed by atoms with E-state index in [1.165, 1.54) is 0 Å². The standard InChI is InChI=1S/C10H18N2O2/c1-2-10(13)12-5-3-11(4-6-12)9-7-14-8-9/h9H,2-8H2,1H3. The summed E-state index contributed by atoms with van der Waals surface area (Å²) >= 11 is 0. The number of nitrogens with zero attached hydrogens (tertiary/aromatic N) is 2. The van der Waals surface area contributed by atoms with Crippen LogP contribution in [0.4, 0.5) is 0 Å². The smallest absolute Gasteiger partial charge is 0.222 e. The third-order valence-electron chi connectivity index (χ3n) is 3.11. The first kappa shape index (κ1) is 9.93. The molecule has 80 valence electrons. The molecule has 1 amide bonds. The third-order valence-corrected chi connectivity index (χ3v) is 3.11. The van der Waals surface area contributed by atoms with E-state index in [-0.39, 0.29) is 5.91 Å². The number of hydrogen-bond acceptors (Lipinski definition) is 3. The first-order valence-electron chi connectivity index (χ1n) is 5.41. The Morgan fingerprint density at radius 3 is 2.36 bits per heavy atom. The fourth-order valence-electron chi connectivity index (χ4n) is 1.99. The van der Waals surface area contributed by atoms with Crippen LogP contribution in [0.15, 0.2) is 0 Å². The van der Waals surface area contributed by atoms with Crippen LogP contribution in [-0.2, 0) is 9.53 Å². The molecule has 2 rings (SSSR count). The lowest BCUT2D eigenvalue weighted by Crippen LogP contribution is -2.57. The molecule has 0 aliphatic carbocycles. The Hall–Kier alpha value is -0.610. The van der Waals surface area contributed by atoms with Gasteiger partial charge in [-0.1, -0.05) is 6.92 Å². The highest BCUT2D eigenvalue weighted by molar-refractivity contribution is 5.75. The van der Waals surface area contributed by atoms with Crippen molar-refractivity contribution >= 4 is 5.91 Å². The predicted molar refractivity (Wildman–Crippen MR) is 53.1 cm³/mol. The normalized spacial score (nSPS) is 24.8. The minimum Gasteiger partial charge on any atom is -0.378 e. The first-order valence-corrected chi connectivity index (χ1v) is 5.41. The molecule has 2 saturated heterocycles. The average molecular weight is 198 g/mol. The molecule has 4 nitrogen and oxygen atoms in total. The summed E-state index contributed by atoms with van der Waals surface area (Å²) in [6.45, 7) is 7.49. The van der Waals surface area contributed by atoms with E-state index in [9.17, 15) is 4.79 Å². The summed E-state index contributed by atoms with van der Waals surface area (Å²) in [6, 6.07) is 0.619. The topological polar surface area (TPSA) is 32.8 Å². The van der Waals surface area contributed by atoms with Crippen LogP contribution in [-0.4, -0.2) is 61.1 Å². The minimum atomic E-state index is 0.287. The average Bonchev–Trinajstić information content (AvgIpc) is 2.15. The van der Waals surface area contributed by atoms with Crippen molar-refractivity contribution in [2.45, 2.75) is 19.4 Å². The fraction of sp³-hybridized carbons (Fsp3) is 0.900. The van der Waals surface area contributed by atoms with Crippen molar-refractivity contribution in [3.63, 3.8) is 0 Å². The SMILES string of the molecule is CCC(=O)N1CCN(C2COC2)CC1. The Labute approximate surface area is 84.8 Å². The summed E-state index contributed by atoms with van der Waals surface area (Å²) in [5, 5.41) is 0. The van der Waals surface area contributed by atoms with Gasteiger partial charge in [-0.15, -0.1) is 0 Å². The van der Waals surface area contributed by atoms with Gasteiger partial charge in [-0.25, -0.2) is 0 Å². The van der Waals surface area contributed by atoms with Gasteiger partial charge in [0.05, 0.1) is 19.3 Å². The molecule has 4 heteroatoms. The summed E-state index contributed by atoms with van der Waals surface area (Å²) in [5.41, 5.74) is 0. The molecule has 0 radical (unpaired) electrons. The molecule has 2 aliphatic rings. The summed E-state index contributed by atoms with van der Waals surface area (Å²) in [6.07, 6.45) is 0.631. The van der Waals surface area contributed by atoms with Crippen LogP contribution in [0.1, 0.15) is 13.3 Å². The van der Waals surface area contributed by atoms with Gasteiger partial charge in [-0.3, -0.25) is 9.69 Å². The van der Waals surface area contributed by atoms with Gasteiger partial charge >= 0.3 is 0 Å². The van der Waals surface area contributed by atoms with Crippen LogP contribution in [0, 0.1) is 0 Å². The highest BCUT2D eigenvalue weighted by Gasteiger charge is 2.29. The second-order valence-electron chi connectivity index (χ2n) is 3.96. The number of carbonyl (C=O) groups excluding carboxylic acids is 1. The minimum absolute atomic E-state index is 0.287. The molecule has 0 unspecified atom stereocenters. The van der Waals surface area contributed by atoms with Crippen molar-refractivity contribution in [2.24, 2.45) is 0 Å². The van der Waals surface area contributed by atoms with Gasteiger partial charge in [0.25, 0.3) is 0 Å². The van der Waals surface area contributed by atoms with Crippen LogP contribution < -0.4 is 0 Å². The van der Waals surface area contributed by atoms with E-state index >= 15 is 0 Å². The predicted octanol–water partition coefficient (Wildman–Crippen LogP) is -0.0606. The van der Waals surface area contributed by atoms with Crippen molar-refractivity contribution in [2.75, 3.05) is 39.4 Å². The molecule has 0 aromatic rings. The van der Waals surface area contributed by atoms with Crippen molar-refractivity contribution in [3.05, 3.63) is 0 Å². The van der Waals surface area contributed by atoms with Gasteiger partial charge in [0.15, 0.2) is 0 Å². The van der Waals surface area contributed by atoms with Crippen molar-refractivity contribution in [3.8, 4) is 0 Å². The molecule has 0 atom stereocenters. The van der Waals surface area contributed by atoms with Gasteiger partial charge in [-0.05, 0) is 0 Å². The molecule has 0 bridgehead atoms. The quantitative estimate of drug-likeness (QED) is 0.623. The molecule has 0 spiro atoms. The molecular weight excluding hydrogens is 180 g/mol. The Morgan fingerprint density at radius 1 is 1.29 bits per heavy atom. The highest BCUT2D eigenvalue weighted by atomic mass is 16.5. The lowest BCUT2D eigenvalue weighted by molar-refractivity contribution is -0.135. The van der Waals surface area contributed by atoms with Crippen LogP contribution in [0.25, 0.3) is 0 Å². The summed E-state index contributed by atoms with van der Waals surface area (Å²) < 4.78 is 5.16. The Bertz CT molecular complexity index is 208. The van der Waals surface area contributed by atoms with Crippen molar-refractivity contribution in [1.29, 1.82) is 0 Å². The highest BCUT2D eigenvalue weighted by Crippen LogP contribution is 2.13. The van der Waals surface area contributed by atoms with Gasteiger partial charge < -0.3 is 9.64 Å². The first-order chi connectivity index (χ1) is 6.81. The fourth-order valence-corrected chi connectivity index (χ4v) is 1.99. The Balaban J connectivity index is 1.76. The number of hydrogen-bond donors (Lipinski definition) is 0. The molecule has 0 saturated carbocycles. The van der Waals surface area contributed by atoms with E-state index < -0.39 is 0 Å². The molecule has 2 aliphatic heterocycles. The molecule has 0 N–H and O–H groups in total. The number of amides is 1. The summed E-state index contributed by atoms with van der Waals surface area (Å²) in [7, 11) is 0. The third kappa shape index (κ3) is 1.91. The van der Waals surface area contributed by atoms with Crippen LogP contribution >= 0.6 is 0 Å². The van der Waals surface area contributed by atoms with E-state index in [1.54, 1.807) is 0 Å². The van der Waals surface area contributed by atoms with Crippen LogP contribution in [0.2, 0.25) is 0 Å².